The zero-order valence-corrected chi connectivity index (χ0v) is 12.0. The Morgan fingerprint density at radius 3 is 2.68 bits per heavy atom. The molecular weight excluding hydrogens is 234 g/mol. The van der Waals surface area contributed by atoms with Crippen LogP contribution in [0.4, 0.5) is 0 Å². The molecule has 1 aromatic carbocycles. The van der Waals surface area contributed by atoms with Crippen molar-refractivity contribution < 1.29 is 4.74 Å². The molecule has 0 bridgehead atoms. The Hall–Kier alpha value is -1.02. The van der Waals surface area contributed by atoms with Crippen molar-refractivity contribution in [2.75, 3.05) is 13.7 Å². The van der Waals surface area contributed by atoms with Gasteiger partial charge in [-0.2, -0.15) is 0 Å². The van der Waals surface area contributed by atoms with Gasteiger partial charge in [-0.1, -0.05) is 12.5 Å². The maximum absolute atomic E-state index is 5.54. The van der Waals surface area contributed by atoms with E-state index in [1.54, 1.807) is 18.2 Å². The van der Waals surface area contributed by atoms with Gasteiger partial charge in [0.25, 0.3) is 0 Å². The fraction of sp³-hybridized carbons (Fsp3) is 0.647. The van der Waals surface area contributed by atoms with E-state index < -0.39 is 0 Å². The fourth-order valence-corrected chi connectivity index (χ4v) is 3.66. The van der Waals surface area contributed by atoms with Crippen LogP contribution in [0.3, 0.4) is 0 Å². The number of ether oxygens (including phenoxy) is 1. The van der Waals surface area contributed by atoms with Crippen LogP contribution in [-0.2, 0) is 19.3 Å². The van der Waals surface area contributed by atoms with Gasteiger partial charge in [0, 0.05) is 6.04 Å². The number of rotatable bonds is 3. The highest BCUT2D eigenvalue weighted by Gasteiger charge is 2.20. The topological polar surface area (TPSA) is 21.3 Å². The first-order chi connectivity index (χ1) is 9.38. The van der Waals surface area contributed by atoms with Crippen LogP contribution < -0.4 is 10.1 Å². The SMILES string of the molecule is COc1ccc(CC2CCCCN2)c2c1CCCC2. The van der Waals surface area contributed by atoms with Crippen molar-refractivity contribution in [1.29, 1.82) is 0 Å². The first-order valence-corrected chi connectivity index (χ1v) is 7.79. The van der Waals surface area contributed by atoms with Gasteiger partial charge in [0.1, 0.15) is 5.75 Å². The first kappa shape index (κ1) is 13.0. The van der Waals surface area contributed by atoms with E-state index in [1.807, 2.05) is 0 Å². The smallest absolute Gasteiger partial charge is 0.122 e. The molecule has 0 aromatic heterocycles. The number of hydrogen-bond donors (Lipinski definition) is 1. The number of methoxy groups -OCH3 is 1. The Balaban J connectivity index is 1.84. The molecule has 1 aromatic rings. The minimum atomic E-state index is 0.688. The molecule has 1 unspecified atom stereocenters. The molecule has 1 atom stereocenters. The van der Waals surface area contributed by atoms with E-state index in [2.05, 4.69) is 17.4 Å². The Bertz CT molecular complexity index is 435. The molecule has 2 nitrogen and oxygen atoms in total. The lowest BCUT2D eigenvalue weighted by atomic mass is 9.84. The lowest BCUT2D eigenvalue weighted by Crippen LogP contribution is -2.36. The Labute approximate surface area is 116 Å². The second kappa shape index (κ2) is 5.96. The zero-order chi connectivity index (χ0) is 13.1. The van der Waals surface area contributed by atoms with E-state index in [-0.39, 0.29) is 0 Å². The van der Waals surface area contributed by atoms with Crippen LogP contribution in [-0.4, -0.2) is 19.7 Å². The average molecular weight is 259 g/mol. The van der Waals surface area contributed by atoms with Crippen LogP contribution in [0.2, 0.25) is 0 Å². The predicted octanol–water partition coefficient (Wildman–Crippen LogP) is 3.26. The summed E-state index contributed by atoms with van der Waals surface area (Å²) in [5.41, 5.74) is 4.65. The number of piperidine rings is 1. The van der Waals surface area contributed by atoms with Crippen LogP contribution >= 0.6 is 0 Å². The zero-order valence-electron chi connectivity index (χ0n) is 12.0. The minimum Gasteiger partial charge on any atom is -0.496 e. The molecule has 0 radical (unpaired) electrons. The Morgan fingerprint density at radius 2 is 1.95 bits per heavy atom. The second-order valence-corrected chi connectivity index (χ2v) is 5.94. The van der Waals surface area contributed by atoms with Crippen molar-refractivity contribution in [3.63, 3.8) is 0 Å². The van der Waals surface area contributed by atoms with Gasteiger partial charge in [-0.3, -0.25) is 0 Å². The molecule has 1 aliphatic carbocycles. The molecule has 1 aliphatic heterocycles. The van der Waals surface area contributed by atoms with E-state index in [4.69, 9.17) is 4.74 Å². The van der Waals surface area contributed by atoms with Gasteiger partial charge in [-0.15, -0.1) is 0 Å². The summed E-state index contributed by atoms with van der Waals surface area (Å²) in [5, 5.41) is 3.67. The average Bonchev–Trinajstić information content (AvgIpc) is 2.49. The number of benzene rings is 1. The summed E-state index contributed by atoms with van der Waals surface area (Å²) < 4.78 is 5.54. The van der Waals surface area contributed by atoms with Crippen LogP contribution in [0.1, 0.15) is 48.8 Å². The summed E-state index contributed by atoms with van der Waals surface area (Å²) in [4.78, 5) is 0. The van der Waals surface area contributed by atoms with Crippen molar-refractivity contribution in [3.05, 3.63) is 28.8 Å². The molecule has 1 fully saturated rings. The molecule has 3 rings (SSSR count). The van der Waals surface area contributed by atoms with Gasteiger partial charge in [0.2, 0.25) is 0 Å². The molecule has 0 amide bonds. The quantitative estimate of drug-likeness (QED) is 0.899. The molecule has 0 saturated carbocycles. The van der Waals surface area contributed by atoms with Crippen molar-refractivity contribution in [1.82, 2.24) is 5.32 Å². The largest absolute Gasteiger partial charge is 0.496 e. The van der Waals surface area contributed by atoms with Crippen LogP contribution in [0, 0.1) is 0 Å². The summed E-state index contributed by atoms with van der Waals surface area (Å²) >= 11 is 0. The maximum Gasteiger partial charge on any atom is 0.122 e. The highest BCUT2D eigenvalue weighted by atomic mass is 16.5. The van der Waals surface area contributed by atoms with Crippen molar-refractivity contribution in [3.8, 4) is 5.75 Å². The molecule has 1 saturated heterocycles. The highest BCUT2D eigenvalue weighted by Crippen LogP contribution is 2.33. The first-order valence-electron chi connectivity index (χ1n) is 7.79. The summed E-state index contributed by atoms with van der Waals surface area (Å²) in [6.07, 6.45) is 10.4. The predicted molar refractivity (Wildman–Crippen MR) is 79.0 cm³/mol. The van der Waals surface area contributed by atoms with Crippen molar-refractivity contribution >= 4 is 0 Å². The molecule has 2 heteroatoms. The third-order valence-corrected chi connectivity index (χ3v) is 4.69. The molecule has 1 heterocycles. The van der Waals surface area contributed by atoms with E-state index in [0.717, 1.165) is 5.75 Å². The third kappa shape index (κ3) is 2.79. The van der Waals surface area contributed by atoms with E-state index in [1.165, 1.54) is 63.5 Å². The second-order valence-electron chi connectivity index (χ2n) is 5.94. The fourth-order valence-electron chi connectivity index (χ4n) is 3.66. The molecule has 19 heavy (non-hydrogen) atoms. The van der Waals surface area contributed by atoms with Gasteiger partial charge >= 0.3 is 0 Å². The molecule has 1 N–H and O–H groups in total. The molecular formula is C17H25NO. The molecule has 0 spiro atoms. The van der Waals surface area contributed by atoms with Gasteiger partial charge < -0.3 is 10.1 Å². The monoisotopic (exact) mass is 259 g/mol. The maximum atomic E-state index is 5.54. The number of fused-ring (bicyclic) bond motifs is 1. The van der Waals surface area contributed by atoms with Crippen molar-refractivity contribution in [2.45, 2.75) is 57.4 Å². The minimum absolute atomic E-state index is 0.688. The Morgan fingerprint density at radius 1 is 1.11 bits per heavy atom. The summed E-state index contributed by atoms with van der Waals surface area (Å²) in [5.74, 6) is 1.11. The number of hydrogen-bond acceptors (Lipinski definition) is 2. The van der Waals surface area contributed by atoms with E-state index >= 15 is 0 Å². The summed E-state index contributed by atoms with van der Waals surface area (Å²) in [6.45, 7) is 1.20. The van der Waals surface area contributed by atoms with Crippen LogP contribution in [0.15, 0.2) is 12.1 Å². The van der Waals surface area contributed by atoms with E-state index in [0.29, 0.717) is 6.04 Å². The van der Waals surface area contributed by atoms with Crippen molar-refractivity contribution in [2.24, 2.45) is 0 Å². The van der Waals surface area contributed by atoms with E-state index in [9.17, 15) is 0 Å². The van der Waals surface area contributed by atoms with Crippen LogP contribution in [0.25, 0.3) is 0 Å². The third-order valence-electron chi connectivity index (χ3n) is 4.69. The lowest BCUT2D eigenvalue weighted by molar-refractivity contribution is 0.394. The lowest BCUT2D eigenvalue weighted by Gasteiger charge is -2.27. The Kier molecular flexibility index (Phi) is 4.07. The van der Waals surface area contributed by atoms with Gasteiger partial charge in [0.15, 0.2) is 0 Å². The normalized spacial score (nSPS) is 22.9. The highest BCUT2D eigenvalue weighted by molar-refractivity contribution is 5.46. The standard InChI is InChI=1S/C17H25NO/c1-19-17-10-9-13(12-14-6-4-5-11-18-14)15-7-2-3-8-16(15)17/h9-10,14,18H,2-8,11-12H2,1H3. The van der Waals surface area contributed by atoms with Gasteiger partial charge in [0.05, 0.1) is 7.11 Å². The molecule has 2 aliphatic rings. The van der Waals surface area contributed by atoms with Gasteiger partial charge in [-0.05, 0) is 74.2 Å². The van der Waals surface area contributed by atoms with Crippen LogP contribution in [0.5, 0.6) is 5.75 Å². The summed E-state index contributed by atoms with van der Waals surface area (Å²) in [7, 11) is 1.80. The van der Waals surface area contributed by atoms with Gasteiger partial charge in [-0.25, -0.2) is 0 Å². The summed E-state index contributed by atoms with van der Waals surface area (Å²) in [6, 6.07) is 5.18. The molecule has 104 valence electrons. The number of nitrogens with one attached hydrogen (secondary N) is 1.